The first kappa shape index (κ1) is 25.7. The van der Waals surface area contributed by atoms with Crippen LogP contribution in [-0.2, 0) is 12.7 Å². The van der Waals surface area contributed by atoms with Gasteiger partial charge >= 0.3 is 6.18 Å². The number of alkyl halides is 3. The van der Waals surface area contributed by atoms with Crippen molar-refractivity contribution in [3.63, 3.8) is 0 Å². The van der Waals surface area contributed by atoms with Gasteiger partial charge in [-0.1, -0.05) is 29.4 Å². The van der Waals surface area contributed by atoms with Gasteiger partial charge in [0.1, 0.15) is 11.6 Å². The highest BCUT2D eigenvalue weighted by Gasteiger charge is 2.34. The fraction of sp³-hybridized carbons (Fsp3) is 0.300. The second-order valence-electron chi connectivity index (χ2n) is 10.3. The molecular formula is C30H25F3N4O3. The summed E-state index contributed by atoms with van der Waals surface area (Å²) < 4.78 is 46.1. The lowest BCUT2D eigenvalue weighted by Gasteiger charge is -2.37. The molecule has 1 saturated heterocycles. The molecular weight excluding hydrogens is 521 g/mol. The summed E-state index contributed by atoms with van der Waals surface area (Å²) >= 11 is 0. The van der Waals surface area contributed by atoms with E-state index in [0.717, 1.165) is 36.1 Å². The second kappa shape index (κ2) is 9.59. The Balaban J connectivity index is 1.41. The molecule has 2 fully saturated rings. The first-order chi connectivity index (χ1) is 19.2. The van der Waals surface area contributed by atoms with Gasteiger partial charge in [0.15, 0.2) is 5.76 Å². The lowest BCUT2D eigenvalue weighted by Crippen LogP contribution is -2.49. The van der Waals surface area contributed by atoms with E-state index < -0.39 is 17.3 Å². The van der Waals surface area contributed by atoms with Crippen LogP contribution in [0.4, 0.5) is 18.9 Å². The maximum absolute atomic E-state index is 13.9. The number of hydrogen-bond donors (Lipinski definition) is 0. The molecule has 0 unspecified atom stereocenters. The number of rotatable bonds is 4. The molecule has 7 rings (SSSR count). The van der Waals surface area contributed by atoms with Gasteiger partial charge in [-0.3, -0.25) is 9.59 Å². The summed E-state index contributed by atoms with van der Waals surface area (Å²) in [5.41, 5.74) is 4.65. The lowest BCUT2D eigenvalue weighted by molar-refractivity contribution is -0.137. The number of allylic oxidation sites excluding steroid dienone is 3. The predicted octanol–water partition coefficient (Wildman–Crippen LogP) is 5.31. The fourth-order valence-electron chi connectivity index (χ4n) is 5.76. The molecule has 204 valence electrons. The van der Waals surface area contributed by atoms with E-state index in [1.807, 2.05) is 11.8 Å². The van der Waals surface area contributed by atoms with Gasteiger partial charge in [0.2, 0.25) is 0 Å². The highest BCUT2D eigenvalue weighted by molar-refractivity contribution is 5.92. The average molecular weight is 547 g/mol. The smallest absolute Gasteiger partial charge is 0.416 e. The summed E-state index contributed by atoms with van der Waals surface area (Å²) in [6.45, 7) is 3.63. The van der Waals surface area contributed by atoms with E-state index in [0.29, 0.717) is 43.1 Å². The van der Waals surface area contributed by atoms with E-state index in [1.54, 1.807) is 17.0 Å². The first-order valence-corrected chi connectivity index (χ1v) is 13.0. The maximum atomic E-state index is 13.9. The summed E-state index contributed by atoms with van der Waals surface area (Å²) in [5.74, 6) is 0.0529. The molecule has 1 saturated carbocycles. The minimum absolute atomic E-state index is 0.00905. The van der Waals surface area contributed by atoms with Crippen LogP contribution in [0.2, 0.25) is 0 Å². The van der Waals surface area contributed by atoms with Gasteiger partial charge in [0, 0.05) is 31.7 Å². The minimum atomic E-state index is -4.46. The lowest BCUT2D eigenvalue weighted by atomic mass is 9.84. The molecule has 40 heavy (non-hydrogen) atoms. The van der Waals surface area contributed by atoms with Crippen LogP contribution in [-0.4, -0.2) is 41.6 Å². The molecule has 7 nitrogen and oxygen atoms in total. The van der Waals surface area contributed by atoms with Gasteiger partial charge in [-0.2, -0.15) is 18.4 Å². The molecule has 10 heteroatoms. The largest absolute Gasteiger partial charge is 0.459 e. The highest BCUT2D eigenvalue weighted by atomic mass is 19.4. The molecule has 4 aliphatic rings. The van der Waals surface area contributed by atoms with Crippen LogP contribution in [0.25, 0.3) is 11.6 Å². The Hall–Kier alpha value is -4.52. The number of hydrogen-bond acceptors (Lipinski definition) is 5. The summed E-state index contributed by atoms with van der Waals surface area (Å²) in [5, 5.41) is 10.2. The van der Waals surface area contributed by atoms with E-state index >= 15 is 0 Å². The Morgan fingerprint density at radius 3 is 2.38 bits per heavy atom. The number of halogens is 3. The van der Waals surface area contributed by atoms with Crippen molar-refractivity contribution in [3.8, 4) is 6.07 Å². The number of carbonyl (C=O) groups excluding carboxylic acids is 1. The predicted molar refractivity (Wildman–Crippen MR) is 143 cm³/mol. The van der Waals surface area contributed by atoms with Crippen LogP contribution in [0.5, 0.6) is 0 Å². The summed E-state index contributed by atoms with van der Waals surface area (Å²) in [4.78, 5) is 30.3. The Bertz CT molecular complexity index is 1660. The van der Waals surface area contributed by atoms with Crippen molar-refractivity contribution in [2.24, 2.45) is 0 Å². The quantitative estimate of drug-likeness (QED) is 0.443. The van der Waals surface area contributed by atoms with Crippen LogP contribution in [0.1, 0.15) is 58.3 Å². The van der Waals surface area contributed by atoms with Crippen LogP contribution in [0, 0.1) is 11.3 Å². The van der Waals surface area contributed by atoms with Crippen LogP contribution in [0.3, 0.4) is 0 Å². The molecule has 1 amide bonds. The van der Waals surface area contributed by atoms with Gasteiger partial charge in [0.25, 0.3) is 11.5 Å². The van der Waals surface area contributed by atoms with E-state index in [4.69, 9.17) is 4.42 Å². The molecule has 2 aromatic heterocycles. The van der Waals surface area contributed by atoms with Crippen molar-refractivity contribution < 1.29 is 22.4 Å². The standard InChI is InChI=1S/C30H25F3N4O3/c1-18-21-13-20(14-21)15-23-26(18)37(17-19-4-6-22(7-5-19)30(31,32)33)28(38)24(16-34)27(23)35-8-10-36(11-9-35)29(39)25-3-2-12-40-25/h2-7,12,15H,8-11,13-14,17H2,1H3. The molecule has 3 aliphatic carbocycles. The number of piperazine rings is 1. The van der Waals surface area contributed by atoms with Crippen LogP contribution >= 0.6 is 0 Å². The third-order valence-electron chi connectivity index (χ3n) is 7.94. The zero-order valence-electron chi connectivity index (χ0n) is 21.7. The van der Waals surface area contributed by atoms with Crippen molar-refractivity contribution >= 4 is 23.2 Å². The van der Waals surface area contributed by atoms with E-state index in [-0.39, 0.29) is 23.8 Å². The molecule has 0 atom stereocenters. The summed E-state index contributed by atoms with van der Waals surface area (Å²) in [6, 6.07) is 10.2. The van der Waals surface area contributed by atoms with Gasteiger partial charge in [-0.25, -0.2) is 0 Å². The summed E-state index contributed by atoms with van der Waals surface area (Å²) in [6.07, 6.45) is 0.633. The van der Waals surface area contributed by atoms with Crippen molar-refractivity contribution in [1.29, 1.82) is 5.26 Å². The monoisotopic (exact) mass is 546 g/mol. The van der Waals surface area contributed by atoms with Gasteiger partial charge in [-0.05, 0) is 55.2 Å². The Morgan fingerprint density at radius 2 is 1.77 bits per heavy atom. The zero-order valence-corrected chi connectivity index (χ0v) is 21.7. The molecule has 1 aliphatic heterocycles. The molecule has 3 aromatic rings. The van der Waals surface area contributed by atoms with E-state index in [9.17, 15) is 28.0 Å². The number of nitriles is 1. The fourth-order valence-corrected chi connectivity index (χ4v) is 5.76. The molecule has 0 spiro atoms. The van der Waals surface area contributed by atoms with E-state index in [1.165, 1.54) is 34.1 Å². The second-order valence-corrected chi connectivity index (χ2v) is 10.3. The van der Waals surface area contributed by atoms with Gasteiger partial charge in [0.05, 0.1) is 29.8 Å². The number of furan rings is 1. The van der Waals surface area contributed by atoms with Crippen molar-refractivity contribution in [1.82, 2.24) is 9.47 Å². The SMILES string of the molecule is CC1=C2CC(=Cc3c(N4CCN(C(=O)c5ccco5)CC4)c(C#N)c(=O)n(Cc4ccc(C(F)(F)F)cc4)c31)C2. The molecule has 0 radical (unpaired) electrons. The normalized spacial score (nSPS) is 16.6. The maximum Gasteiger partial charge on any atom is 0.416 e. The number of amides is 1. The van der Waals surface area contributed by atoms with Crippen molar-refractivity contribution in [2.75, 3.05) is 31.1 Å². The molecule has 1 aromatic carbocycles. The number of aromatic nitrogens is 1. The third kappa shape index (κ3) is 4.31. The van der Waals surface area contributed by atoms with Crippen LogP contribution in [0.15, 0.2) is 63.0 Å². The Labute approximate surface area is 228 Å². The summed E-state index contributed by atoms with van der Waals surface area (Å²) in [7, 11) is 0. The zero-order chi connectivity index (χ0) is 28.2. The number of pyridine rings is 1. The number of carbonyl (C=O) groups is 1. The number of nitrogens with zero attached hydrogens (tertiary/aromatic N) is 4. The molecule has 0 N–H and O–H groups in total. The third-order valence-corrected chi connectivity index (χ3v) is 7.94. The Kier molecular flexibility index (Phi) is 6.17. The molecule has 2 bridgehead atoms. The van der Waals surface area contributed by atoms with Crippen molar-refractivity contribution in [2.45, 2.75) is 32.5 Å². The average Bonchev–Trinajstić information content (AvgIpc) is 3.37. The Morgan fingerprint density at radius 1 is 1.07 bits per heavy atom. The van der Waals surface area contributed by atoms with E-state index in [2.05, 4.69) is 12.1 Å². The first-order valence-electron chi connectivity index (χ1n) is 13.0. The molecule has 3 heterocycles. The number of benzene rings is 1. The van der Waals surface area contributed by atoms with Crippen molar-refractivity contribution in [3.05, 3.63) is 97.9 Å². The van der Waals surface area contributed by atoms with Gasteiger partial charge < -0.3 is 18.8 Å². The minimum Gasteiger partial charge on any atom is -0.459 e. The van der Waals surface area contributed by atoms with Gasteiger partial charge in [-0.15, -0.1) is 0 Å². The highest BCUT2D eigenvalue weighted by Crippen LogP contribution is 2.46. The van der Waals surface area contributed by atoms with Crippen LogP contribution < -0.4 is 10.5 Å². The topological polar surface area (TPSA) is 82.5 Å². The number of anilines is 1.